The molecule has 1 heterocycles. The molecule has 0 aliphatic rings. The number of nitrogens with zero attached hydrogens (tertiary/aromatic N) is 1. The lowest BCUT2D eigenvalue weighted by atomic mass is 10.0. The molecule has 2 rings (SSSR count). The minimum atomic E-state index is -0.388. The number of hydrogen-bond acceptors (Lipinski definition) is 3. The molecule has 0 saturated carbocycles. The van der Waals surface area contributed by atoms with Crippen LogP contribution in [-0.4, -0.2) is 15.5 Å². The highest BCUT2D eigenvalue weighted by atomic mass is 16.2. The molecule has 0 unspecified atom stereocenters. The zero-order valence-corrected chi connectivity index (χ0v) is 15.3. The van der Waals surface area contributed by atoms with Crippen molar-refractivity contribution in [1.29, 1.82) is 0 Å². The Morgan fingerprint density at radius 3 is 2.31 bits per heavy atom. The molecule has 1 aromatic carbocycles. The maximum absolute atomic E-state index is 11.8. The van der Waals surface area contributed by atoms with Gasteiger partial charge in [0.15, 0.2) is 0 Å². The van der Waals surface area contributed by atoms with Gasteiger partial charge in [-0.15, -0.1) is 0 Å². The molecule has 0 spiro atoms. The van der Waals surface area contributed by atoms with Crippen molar-refractivity contribution in [3.05, 3.63) is 68.0 Å². The average Bonchev–Trinajstić information content (AvgIpc) is 2.60. The van der Waals surface area contributed by atoms with Crippen molar-refractivity contribution in [1.82, 2.24) is 9.55 Å². The van der Waals surface area contributed by atoms with Gasteiger partial charge in [0.25, 0.3) is 5.56 Å². The normalized spacial score (nSPS) is 10.8. The number of primary amides is 1. The van der Waals surface area contributed by atoms with Crippen LogP contribution >= 0.6 is 0 Å². The number of aromatic amines is 1. The van der Waals surface area contributed by atoms with E-state index in [1.807, 2.05) is 12.1 Å². The van der Waals surface area contributed by atoms with Crippen molar-refractivity contribution in [3.8, 4) is 0 Å². The zero-order valence-electron chi connectivity index (χ0n) is 15.3. The third-order valence-electron chi connectivity index (χ3n) is 4.45. The average molecular weight is 357 g/mol. The minimum absolute atomic E-state index is 0.218. The number of nitrogens with two attached hydrogens (primary N) is 1. The first-order valence-electron chi connectivity index (χ1n) is 9.12. The second kappa shape index (κ2) is 9.75. The largest absolute Gasteiger partial charge is 0.370 e. The van der Waals surface area contributed by atoms with Gasteiger partial charge in [-0.1, -0.05) is 43.5 Å². The van der Waals surface area contributed by atoms with Crippen LogP contribution in [0.15, 0.2) is 40.1 Å². The Labute approximate surface area is 153 Å². The number of aromatic nitrogens is 2. The van der Waals surface area contributed by atoms with Gasteiger partial charge in [-0.2, -0.15) is 0 Å². The molecular weight excluding hydrogens is 330 g/mol. The number of amides is 1. The van der Waals surface area contributed by atoms with Crippen molar-refractivity contribution in [2.45, 2.75) is 58.4 Å². The first kappa shape index (κ1) is 19.7. The highest BCUT2D eigenvalue weighted by molar-refractivity contribution is 5.73. The highest BCUT2D eigenvalue weighted by Gasteiger charge is 2.02. The highest BCUT2D eigenvalue weighted by Crippen LogP contribution is 2.11. The van der Waals surface area contributed by atoms with Gasteiger partial charge in [0.2, 0.25) is 5.91 Å². The van der Waals surface area contributed by atoms with Crippen molar-refractivity contribution in [2.75, 3.05) is 0 Å². The summed E-state index contributed by atoms with van der Waals surface area (Å²) in [4.78, 5) is 36.2. The Kier molecular flexibility index (Phi) is 7.38. The van der Waals surface area contributed by atoms with Crippen LogP contribution in [0, 0.1) is 6.92 Å². The number of aryl methyl sites for hydroxylation is 2. The fraction of sp³-hybridized carbons (Fsp3) is 0.450. The van der Waals surface area contributed by atoms with Gasteiger partial charge in [0.1, 0.15) is 0 Å². The smallest absolute Gasteiger partial charge is 0.328 e. The summed E-state index contributed by atoms with van der Waals surface area (Å²) in [6.07, 6.45) is 8.42. The molecule has 1 aromatic heterocycles. The Hall–Kier alpha value is -2.63. The summed E-state index contributed by atoms with van der Waals surface area (Å²) in [5.41, 5.74) is 7.22. The molecule has 0 aliphatic heterocycles. The Morgan fingerprint density at radius 2 is 1.62 bits per heavy atom. The van der Waals surface area contributed by atoms with Gasteiger partial charge in [0, 0.05) is 18.2 Å². The quantitative estimate of drug-likeness (QED) is 0.638. The maximum atomic E-state index is 11.8. The zero-order chi connectivity index (χ0) is 18.9. The van der Waals surface area contributed by atoms with Crippen LogP contribution in [0.1, 0.15) is 55.2 Å². The molecule has 6 nitrogen and oxygen atoms in total. The van der Waals surface area contributed by atoms with E-state index in [4.69, 9.17) is 5.73 Å². The molecule has 3 N–H and O–H groups in total. The van der Waals surface area contributed by atoms with Gasteiger partial charge < -0.3 is 5.73 Å². The predicted octanol–water partition coefficient (Wildman–Crippen LogP) is 2.26. The van der Waals surface area contributed by atoms with Crippen molar-refractivity contribution >= 4 is 5.91 Å². The molecular formula is C20H27N3O3. The molecule has 0 radical (unpaired) electrons. The van der Waals surface area contributed by atoms with E-state index >= 15 is 0 Å². The number of carbonyl (C=O) groups is 1. The molecule has 0 fully saturated rings. The van der Waals surface area contributed by atoms with Gasteiger partial charge in [-0.05, 0) is 37.3 Å². The van der Waals surface area contributed by atoms with E-state index in [0.29, 0.717) is 18.5 Å². The fourth-order valence-electron chi connectivity index (χ4n) is 2.90. The molecule has 0 saturated heterocycles. The predicted molar refractivity (Wildman–Crippen MR) is 102 cm³/mol. The summed E-state index contributed by atoms with van der Waals surface area (Å²) in [6, 6.07) is 8.22. The summed E-state index contributed by atoms with van der Waals surface area (Å²) in [7, 11) is 0. The summed E-state index contributed by atoms with van der Waals surface area (Å²) in [5, 5.41) is 0. The summed E-state index contributed by atoms with van der Waals surface area (Å²) in [6.45, 7) is 2.13. The summed E-state index contributed by atoms with van der Waals surface area (Å²) < 4.78 is 1.51. The van der Waals surface area contributed by atoms with Crippen LogP contribution in [0.5, 0.6) is 0 Å². The summed E-state index contributed by atoms with van der Waals surface area (Å²) >= 11 is 0. The number of carbonyl (C=O) groups excluding carboxylic acids is 1. The van der Waals surface area contributed by atoms with Crippen molar-refractivity contribution < 1.29 is 4.79 Å². The Morgan fingerprint density at radius 1 is 1.00 bits per heavy atom. The number of benzene rings is 1. The van der Waals surface area contributed by atoms with E-state index in [0.717, 1.165) is 44.1 Å². The molecule has 0 aliphatic carbocycles. The van der Waals surface area contributed by atoms with Gasteiger partial charge in [-0.25, -0.2) is 4.79 Å². The molecule has 6 heteroatoms. The van der Waals surface area contributed by atoms with Crippen LogP contribution < -0.4 is 17.0 Å². The fourth-order valence-corrected chi connectivity index (χ4v) is 2.90. The van der Waals surface area contributed by atoms with Crippen LogP contribution in [-0.2, 0) is 17.8 Å². The molecule has 2 aromatic rings. The second-order valence-corrected chi connectivity index (χ2v) is 6.75. The van der Waals surface area contributed by atoms with E-state index in [1.54, 1.807) is 13.1 Å². The standard InChI is InChI=1S/C20H27N3O3/c1-15-13-23(20(26)22-19(15)25)14-17-11-9-16(10-12-17)7-5-3-2-4-6-8-18(21)24/h9-13H,2-8,14H2,1H3,(H2,21,24)(H,22,25,26). The van der Waals surface area contributed by atoms with Crippen molar-refractivity contribution in [3.63, 3.8) is 0 Å². The van der Waals surface area contributed by atoms with Gasteiger partial charge >= 0.3 is 5.69 Å². The topological polar surface area (TPSA) is 97.9 Å². The van der Waals surface area contributed by atoms with Gasteiger partial charge in [0.05, 0.1) is 6.54 Å². The van der Waals surface area contributed by atoms with Crippen molar-refractivity contribution in [2.24, 2.45) is 5.73 Å². The van der Waals surface area contributed by atoms with E-state index < -0.39 is 0 Å². The molecule has 26 heavy (non-hydrogen) atoms. The number of hydrogen-bond donors (Lipinski definition) is 2. The first-order chi connectivity index (χ1) is 12.5. The lowest BCUT2D eigenvalue weighted by Gasteiger charge is -2.07. The SMILES string of the molecule is Cc1cn(Cc2ccc(CCCCCCCC(N)=O)cc2)c(=O)[nH]c1=O. The first-order valence-corrected chi connectivity index (χ1v) is 9.12. The second-order valence-electron chi connectivity index (χ2n) is 6.75. The maximum Gasteiger partial charge on any atom is 0.328 e. The van der Waals surface area contributed by atoms with Crippen LogP contribution in [0.4, 0.5) is 0 Å². The Balaban J connectivity index is 1.78. The lowest BCUT2D eigenvalue weighted by Crippen LogP contribution is -2.31. The molecule has 1 amide bonds. The van der Waals surface area contributed by atoms with Crippen LogP contribution in [0.25, 0.3) is 0 Å². The molecule has 0 bridgehead atoms. The monoisotopic (exact) mass is 357 g/mol. The van der Waals surface area contributed by atoms with Gasteiger partial charge in [-0.3, -0.25) is 19.1 Å². The number of nitrogens with one attached hydrogen (secondary N) is 1. The summed E-state index contributed by atoms with van der Waals surface area (Å²) in [5.74, 6) is -0.218. The van der Waals surface area contributed by atoms with E-state index in [1.165, 1.54) is 10.1 Å². The van der Waals surface area contributed by atoms with E-state index in [-0.39, 0.29) is 17.2 Å². The van der Waals surface area contributed by atoms with E-state index in [2.05, 4.69) is 17.1 Å². The third kappa shape index (κ3) is 6.35. The molecule has 0 atom stereocenters. The minimum Gasteiger partial charge on any atom is -0.370 e. The number of unbranched alkanes of at least 4 members (excludes halogenated alkanes) is 4. The van der Waals surface area contributed by atoms with Crippen LogP contribution in [0.2, 0.25) is 0 Å². The lowest BCUT2D eigenvalue weighted by molar-refractivity contribution is -0.118. The number of H-pyrrole nitrogens is 1. The van der Waals surface area contributed by atoms with E-state index in [9.17, 15) is 14.4 Å². The molecule has 140 valence electrons. The Bertz CT molecular complexity index is 835. The number of rotatable bonds is 10. The van der Waals surface area contributed by atoms with Crippen LogP contribution in [0.3, 0.4) is 0 Å². The third-order valence-corrected chi connectivity index (χ3v) is 4.45.